The molecule has 0 unspecified atom stereocenters. The van der Waals surface area contributed by atoms with Gasteiger partial charge in [0.15, 0.2) is 11.5 Å². The number of aryl methyl sites for hydroxylation is 1. The van der Waals surface area contributed by atoms with E-state index < -0.39 is 0 Å². The fourth-order valence-corrected chi connectivity index (χ4v) is 11.0. The zero-order valence-electron chi connectivity index (χ0n) is 36.3. The second-order valence-electron chi connectivity index (χ2n) is 21.6. The van der Waals surface area contributed by atoms with E-state index in [1.807, 2.05) is 6.07 Å². The van der Waals surface area contributed by atoms with Crippen molar-refractivity contribution in [1.29, 1.82) is 0 Å². The van der Waals surface area contributed by atoms with Crippen molar-refractivity contribution in [3.63, 3.8) is 0 Å². The van der Waals surface area contributed by atoms with E-state index in [0.29, 0.717) is 0 Å². The fraction of sp³-hybridized carbons (Fsp3) is 0.423. The molecular formula is C52H59BN2O2. The normalized spacial score (nSPS) is 20.0. The highest BCUT2D eigenvalue weighted by molar-refractivity contribution is 7.00. The Morgan fingerprint density at radius 2 is 1.14 bits per heavy atom. The summed E-state index contributed by atoms with van der Waals surface area (Å²) in [6.07, 6.45) is 4.74. The summed E-state index contributed by atoms with van der Waals surface area (Å²) in [5.41, 5.74) is 20.3. The Bertz CT molecular complexity index is 2530. The van der Waals surface area contributed by atoms with Crippen LogP contribution in [0.4, 0.5) is 34.1 Å². The number of ether oxygens (including phenoxy) is 2. The molecule has 3 aliphatic heterocycles. The first kappa shape index (κ1) is 36.7. The van der Waals surface area contributed by atoms with E-state index in [1.54, 1.807) is 0 Å². The molecule has 5 aromatic carbocycles. The first-order valence-corrected chi connectivity index (χ1v) is 21.4. The van der Waals surface area contributed by atoms with Crippen LogP contribution in [0.1, 0.15) is 135 Å². The van der Waals surface area contributed by atoms with Crippen molar-refractivity contribution in [3.8, 4) is 11.5 Å². The van der Waals surface area contributed by atoms with Gasteiger partial charge < -0.3 is 19.3 Å². The maximum absolute atomic E-state index is 6.28. The van der Waals surface area contributed by atoms with Crippen molar-refractivity contribution in [2.75, 3.05) is 16.6 Å². The molecule has 0 fully saturated rings. The van der Waals surface area contributed by atoms with Crippen molar-refractivity contribution in [2.24, 2.45) is 0 Å². The van der Waals surface area contributed by atoms with Gasteiger partial charge in [-0.1, -0.05) is 106 Å². The Morgan fingerprint density at radius 3 is 1.81 bits per heavy atom. The fourth-order valence-electron chi connectivity index (χ4n) is 11.0. The number of hydrogen-bond donors (Lipinski definition) is 0. The second kappa shape index (κ2) is 11.7. The summed E-state index contributed by atoms with van der Waals surface area (Å²) < 4.78 is 12.3. The second-order valence-corrected chi connectivity index (χ2v) is 21.6. The number of rotatable bonds is 2. The molecule has 0 radical (unpaired) electrons. The molecule has 2 aliphatic carbocycles. The monoisotopic (exact) mass is 754 g/mol. The lowest BCUT2D eigenvalue weighted by atomic mass is 9.33. The molecule has 0 N–H and O–H groups in total. The van der Waals surface area contributed by atoms with Gasteiger partial charge in [0.1, 0.15) is 0 Å². The van der Waals surface area contributed by atoms with E-state index in [2.05, 4.69) is 166 Å². The number of hydrogen-bond acceptors (Lipinski definition) is 4. The zero-order chi connectivity index (χ0) is 40.2. The number of para-hydroxylation sites is 1. The van der Waals surface area contributed by atoms with Gasteiger partial charge in [-0.05, 0) is 158 Å². The first-order chi connectivity index (χ1) is 26.8. The molecule has 0 saturated heterocycles. The molecule has 5 aliphatic rings. The van der Waals surface area contributed by atoms with Crippen LogP contribution in [0.25, 0.3) is 0 Å². The van der Waals surface area contributed by atoms with Gasteiger partial charge in [0, 0.05) is 28.4 Å². The van der Waals surface area contributed by atoms with Crippen LogP contribution in [0.3, 0.4) is 0 Å². The predicted molar refractivity (Wildman–Crippen MR) is 241 cm³/mol. The molecular weight excluding hydrogens is 695 g/mol. The van der Waals surface area contributed by atoms with E-state index in [-0.39, 0.29) is 40.6 Å². The molecule has 3 heterocycles. The Morgan fingerprint density at radius 1 is 0.544 bits per heavy atom. The van der Waals surface area contributed by atoms with E-state index in [0.717, 1.165) is 17.2 Å². The van der Waals surface area contributed by atoms with Crippen LogP contribution in [0.15, 0.2) is 78.9 Å². The molecule has 0 saturated carbocycles. The van der Waals surface area contributed by atoms with Crippen LogP contribution in [0.2, 0.25) is 0 Å². The molecule has 0 aromatic heterocycles. The van der Waals surface area contributed by atoms with Gasteiger partial charge in [-0.2, -0.15) is 0 Å². The average molecular weight is 755 g/mol. The summed E-state index contributed by atoms with van der Waals surface area (Å²) in [4.78, 5) is 5.13. The van der Waals surface area contributed by atoms with Gasteiger partial charge in [-0.15, -0.1) is 0 Å². The predicted octanol–water partition coefficient (Wildman–Crippen LogP) is 11.8. The minimum absolute atomic E-state index is 0.0176. The van der Waals surface area contributed by atoms with Gasteiger partial charge in [-0.3, -0.25) is 0 Å². The van der Waals surface area contributed by atoms with Crippen LogP contribution in [0, 0.1) is 6.92 Å². The molecule has 0 bridgehead atoms. The van der Waals surface area contributed by atoms with Crippen molar-refractivity contribution in [1.82, 2.24) is 0 Å². The van der Waals surface area contributed by atoms with E-state index in [9.17, 15) is 0 Å². The van der Waals surface area contributed by atoms with Crippen molar-refractivity contribution >= 4 is 57.2 Å². The van der Waals surface area contributed by atoms with Crippen LogP contribution in [-0.2, 0) is 27.1 Å². The van der Waals surface area contributed by atoms with Crippen LogP contribution >= 0.6 is 0 Å². The lowest BCUT2D eigenvalue weighted by Gasteiger charge is -2.48. The smallest absolute Gasteiger partial charge is 0.252 e. The van der Waals surface area contributed by atoms with Gasteiger partial charge in [-0.25, -0.2) is 0 Å². The maximum atomic E-state index is 6.28. The summed E-state index contributed by atoms with van der Waals surface area (Å²) in [6, 6.07) is 31.2. The minimum Gasteiger partial charge on any atom is -0.454 e. The largest absolute Gasteiger partial charge is 0.454 e. The third kappa shape index (κ3) is 5.32. The molecule has 4 nitrogen and oxygen atoms in total. The molecule has 0 atom stereocenters. The lowest BCUT2D eigenvalue weighted by Crippen LogP contribution is -2.62. The molecule has 57 heavy (non-hydrogen) atoms. The molecule has 10 rings (SSSR count). The van der Waals surface area contributed by atoms with Gasteiger partial charge in [0.2, 0.25) is 6.79 Å². The first-order valence-electron chi connectivity index (χ1n) is 21.4. The summed E-state index contributed by atoms with van der Waals surface area (Å²) in [5, 5.41) is 0. The number of fused-ring (bicyclic) bond motifs is 7. The Hall–Kier alpha value is -4.64. The van der Waals surface area contributed by atoms with Crippen LogP contribution < -0.4 is 35.7 Å². The Balaban J connectivity index is 1.33. The maximum Gasteiger partial charge on any atom is 0.252 e. The van der Waals surface area contributed by atoms with E-state index in [1.165, 1.54) is 104 Å². The van der Waals surface area contributed by atoms with Crippen molar-refractivity contribution < 1.29 is 9.47 Å². The number of anilines is 6. The van der Waals surface area contributed by atoms with Crippen LogP contribution in [-0.4, -0.2) is 13.5 Å². The highest BCUT2D eigenvalue weighted by Crippen LogP contribution is 2.54. The summed E-state index contributed by atoms with van der Waals surface area (Å²) >= 11 is 0. The van der Waals surface area contributed by atoms with Gasteiger partial charge >= 0.3 is 0 Å². The highest BCUT2D eigenvalue weighted by atomic mass is 16.7. The van der Waals surface area contributed by atoms with Crippen LogP contribution in [0.5, 0.6) is 11.5 Å². The SMILES string of the molecule is Cc1cc2c3c(c1)N(c1cccc4c1OCO4)c1ccc(C(C)(C)C)cc1B3c1cc3c(cc1N2c1ccc2c(c1)C(C)(C)CCC2(C)C)C(C)(C)CCC3(C)C. The molecule has 0 amide bonds. The molecule has 5 aromatic rings. The Kier molecular flexibility index (Phi) is 7.55. The number of nitrogens with zero attached hydrogens (tertiary/aromatic N) is 2. The third-order valence-electron chi connectivity index (χ3n) is 14.8. The lowest BCUT2D eigenvalue weighted by molar-refractivity contribution is 0.174. The standard InChI is InChI=1S/C52H59BN2O2/c1-31-24-43-46-44(25-31)55(41-14-13-15-45-47(41)57-30-56-45)40-19-16-32(48(2,3)4)26-38(40)53(46)39-28-36-37(52(11,12)23-22-51(36,9)10)29-42(39)54(43)33-17-18-34-35(27-33)50(7,8)21-20-49(34,5)6/h13-19,24-29H,20-23,30H2,1-12H3. The Labute approximate surface area is 341 Å². The molecule has 292 valence electrons. The molecule has 0 spiro atoms. The van der Waals surface area contributed by atoms with E-state index >= 15 is 0 Å². The van der Waals surface area contributed by atoms with E-state index in [4.69, 9.17) is 9.47 Å². The summed E-state index contributed by atoms with van der Waals surface area (Å²) in [6.45, 7) is 29.2. The zero-order valence-corrected chi connectivity index (χ0v) is 36.3. The third-order valence-corrected chi connectivity index (χ3v) is 14.8. The van der Waals surface area contributed by atoms with Crippen molar-refractivity contribution in [3.05, 3.63) is 112 Å². The topological polar surface area (TPSA) is 24.9 Å². The highest BCUT2D eigenvalue weighted by Gasteiger charge is 2.48. The average Bonchev–Trinajstić information content (AvgIpc) is 3.64. The molecule has 5 heteroatoms. The van der Waals surface area contributed by atoms with Crippen molar-refractivity contribution in [2.45, 2.75) is 136 Å². The number of benzene rings is 5. The van der Waals surface area contributed by atoms with Gasteiger partial charge in [0.05, 0.1) is 5.69 Å². The quantitative estimate of drug-likeness (QED) is 0.164. The minimum atomic E-state index is -0.0176. The summed E-state index contributed by atoms with van der Waals surface area (Å²) in [5.74, 6) is 1.61. The summed E-state index contributed by atoms with van der Waals surface area (Å²) in [7, 11) is 0. The van der Waals surface area contributed by atoms with Gasteiger partial charge in [0.25, 0.3) is 6.71 Å².